The van der Waals surface area contributed by atoms with Crippen molar-refractivity contribution in [3.05, 3.63) is 35.9 Å². The fraction of sp³-hybridized carbons (Fsp3) is 0.632. The van der Waals surface area contributed by atoms with Gasteiger partial charge >= 0.3 is 0 Å². The lowest BCUT2D eigenvalue weighted by Crippen LogP contribution is -2.53. The highest BCUT2D eigenvalue weighted by Gasteiger charge is 2.42. The number of Topliss-reactive ketones (excluding diaryl/α,β-unsaturated/α-hetero) is 1. The highest BCUT2D eigenvalue weighted by atomic mass is 16.1. The van der Waals surface area contributed by atoms with Gasteiger partial charge in [0.05, 0.1) is 5.54 Å². The Morgan fingerprint density at radius 1 is 1.29 bits per heavy atom. The summed E-state index contributed by atoms with van der Waals surface area (Å²) in [6, 6.07) is 10.5. The summed E-state index contributed by atoms with van der Waals surface area (Å²) >= 11 is 0. The SMILES string of the molecule is CC1CCCC(C(=O)CCCc2ccccc2)(N(C)C)C1. The van der Waals surface area contributed by atoms with Crippen LogP contribution in [0.5, 0.6) is 0 Å². The Hall–Kier alpha value is -1.15. The molecule has 1 aliphatic rings. The highest BCUT2D eigenvalue weighted by Crippen LogP contribution is 2.37. The van der Waals surface area contributed by atoms with E-state index in [9.17, 15) is 4.79 Å². The zero-order chi connectivity index (χ0) is 15.3. The summed E-state index contributed by atoms with van der Waals surface area (Å²) in [6.45, 7) is 2.29. The molecule has 0 heterocycles. The zero-order valence-electron chi connectivity index (χ0n) is 13.8. The Kier molecular flexibility index (Phi) is 5.58. The van der Waals surface area contributed by atoms with E-state index in [0.29, 0.717) is 18.1 Å². The number of ketones is 1. The average molecular weight is 287 g/mol. The molecule has 2 atom stereocenters. The van der Waals surface area contributed by atoms with Crippen LogP contribution in [0.2, 0.25) is 0 Å². The van der Waals surface area contributed by atoms with Gasteiger partial charge in [-0.15, -0.1) is 0 Å². The van der Waals surface area contributed by atoms with Crippen LogP contribution in [0.4, 0.5) is 0 Å². The molecule has 116 valence electrons. The number of aryl methyl sites for hydroxylation is 1. The van der Waals surface area contributed by atoms with Crippen molar-refractivity contribution in [1.29, 1.82) is 0 Å². The minimum absolute atomic E-state index is 0.200. The van der Waals surface area contributed by atoms with Gasteiger partial charge < -0.3 is 0 Å². The van der Waals surface area contributed by atoms with Crippen LogP contribution in [-0.4, -0.2) is 30.3 Å². The maximum Gasteiger partial charge on any atom is 0.153 e. The van der Waals surface area contributed by atoms with Crippen LogP contribution in [0.15, 0.2) is 30.3 Å². The Balaban J connectivity index is 1.93. The first-order chi connectivity index (χ1) is 10.0. The predicted molar refractivity (Wildman–Crippen MR) is 88.4 cm³/mol. The summed E-state index contributed by atoms with van der Waals surface area (Å²) < 4.78 is 0. The summed E-state index contributed by atoms with van der Waals surface area (Å²) in [5, 5.41) is 0. The summed E-state index contributed by atoms with van der Waals surface area (Å²) in [6.07, 6.45) is 7.20. The molecule has 1 aromatic rings. The molecule has 0 N–H and O–H groups in total. The average Bonchev–Trinajstić information content (AvgIpc) is 2.48. The molecule has 2 nitrogen and oxygen atoms in total. The quantitative estimate of drug-likeness (QED) is 0.785. The fourth-order valence-corrected chi connectivity index (χ4v) is 3.76. The monoisotopic (exact) mass is 287 g/mol. The number of nitrogens with zero attached hydrogens (tertiary/aromatic N) is 1. The topological polar surface area (TPSA) is 20.3 Å². The first-order valence-corrected chi connectivity index (χ1v) is 8.29. The lowest BCUT2D eigenvalue weighted by Gasteiger charge is -2.44. The fourth-order valence-electron chi connectivity index (χ4n) is 3.76. The Bertz CT molecular complexity index is 454. The molecule has 0 aromatic heterocycles. The molecule has 0 spiro atoms. The van der Waals surface area contributed by atoms with Crippen molar-refractivity contribution in [3.8, 4) is 0 Å². The normalized spacial score (nSPS) is 26.0. The Labute approximate surface area is 129 Å². The Morgan fingerprint density at radius 2 is 2.00 bits per heavy atom. The Morgan fingerprint density at radius 3 is 2.62 bits per heavy atom. The van der Waals surface area contributed by atoms with Crippen molar-refractivity contribution in [2.24, 2.45) is 5.92 Å². The predicted octanol–water partition coefficient (Wildman–Crippen LogP) is 4.09. The van der Waals surface area contributed by atoms with Gasteiger partial charge in [0.2, 0.25) is 0 Å². The summed E-state index contributed by atoms with van der Waals surface area (Å²) in [5.41, 5.74) is 1.13. The van der Waals surface area contributed by atoms with Crippen molar-refractivity contribution in [2.45, 2.75) is 57.4 Å². The number of carbonyl (C=O) groups excluding carboxylic acids is 1. The van der Waals surface area contributed by atoms with Gasteiger partial charge in [0.15, 0.2) is 5.78 Å². The number of hydrogen-bond donors (Lipinski definition) is 0. The van der Waals surface area contributed by atoms with E-state index >= 15 is 0 Å². The molecule has 21 heavy (non-hydrogen) atoms. The van der Waals surface area contributed by atoms with Gasteiger partial charge in [-0.2, -0.15) is 0 Å². The standard InChI is InChI=1S/C19H29NO/c1-16-9-8-14-19(15-16,20(2)3)18(21)13-7-12-17-10-5-4-6-11-17/h4-6,10-11,16H,7-9,12-15H2,1-3H3. The van der Waals surface area contributed by atoms with Gasteiger partial charge in [-0.05, 0) is 51.3 Å². The molecule has 1 aliphatic carbocycles. The lowest BCUT2D eigenvalue weighted by molar-refractivity contribution is -0.133. The van der Waals surface area contributed by atoms with E-state index in [1.165, 1.54) is 18.4 Å². The molecule has 1 fully saturated rings. The van der Waals surface area contributed by atoms with E-state index < -0.39 is 0 Å². The maximum atomic E-state index is 12.9. The third-order valence-electron chi connectivity index (χ3n) is 5.06. The summed E-state index contributed by atoms with van der Waals surface area (Å²) in [4.78, 5) is 15.0. The zero-order valence-corrected chi connectivity index (χ0v) is 13.8. The van der Waals surface area contributed by atoms with Gasteiger partial charge in [0.1, 0.15) is 0 Å². The van der Waals surface area contributed by atoms with E-state index in [2.05, 4.69) is 50.2 Å². The maximum absolute atomic E-state index is 12.9. The number of likely N-dealkylation sites (N-methyl/N-ethyl adjacent to an activating group) is 1. The number of hydrogen-bond acceptors (Lipinski definition) is 2. The van der Waals surface area contributed by atoms with Crippen molar-refractivity contribution in [2.75, 3.05) is 14.1 Å². The molecular weight excluding hydrogens is 258 g/mol. The minimum atomic E-state index is -0.200. The molecule has 0 aliphatic heterocycles. The molecular formula is C19H29NO. The van der Waals surface area contributed by atoms with Crippen molar-refractivity contribution >= 4 is 5.78 Å². The van der Waals surface area contributed by atoms with Crippen molar-refractivity contribution in [3.63, 3.8) is 0 Å². The molecule has 1 aromatic carbocycles. The molecule has 0 amide bonds. The second-order valence-electron chi connectivity index (χ2n) is 6.89. The van der Waals surface area contributed by atoms with Crippen LogP contribution in [0.3, 0.4) is 0 Å². The van der Waals surface area contributed by atoms with E-state index in [1.54, 1.807) is 0 Å². The largest absolute Gasteiger partial charge is 0.298 e. The van der Waals surface area contributed by atoms with E-state index in [1.807, 2.05) is 6.07 Å². The molecule has 0 radical (unpaired) electrons. The van der Waals surface area contributed by atoms with Gasteiger partial charge in [-0.1, -0.05) is 50.1 Å². The van der Waals surface area contributed by atoms with Crippen LogP contribution in [0.25, 0.3) is 0 Å². The van der Waals surface area contributed by atoms with Crippen LogP contribution >= 0.6 is 0 Å². The second kappa shape index (κ2) is 7.22. The third-order valence-corrected chi connectivity index (χ3v) is 5.06. The number of carbonyl (C=O) groups is 1. The highest BCUT2D eigenvalue weighted by molar-refractivity contribution is 5.88. The first kappa shape index (κ1) is 16.2. The van der Waals surface area contributed by atoms with E-state index in [0.717, 1.165) is 25.7 Å². The summed E-state index contributed by atoms with van der Waals surface area (Å²) in [5.74, 6) is 1.12. The van der Waals surface area contributed by atoms with Crippen LogP contribution in [-0.2, 0) is 11.2 Å². The number of rotatable bonds is 6. The molecule has 1 saturated carbocycles. The van der Waals surface area contributed by atoms with E-state index in [4.69, 9.17) is 0 Å². The third kappa shape index (κ3) is 3.94. The van der Waals surface area contributed by atoms with Gasteiger partial charge in [-0.25, -0.2) is 0 Å². The smallest absolute Gasteiger partial charge is 0.153 e. The molecule has 0 bridgehead atoms. The molecule has 2 heteroatoms. The summed E-state index contributed by atoms with van der Waals surface area (Å²) in [7, 11) is 4.15. The van der Waals surface area contributed by atoms with Gasteiger partial charge in [0, 0.05) is 6.42 Å². The van der Waals surface area contributed by atoms with Gasteiger partial charge in [0.25, 0.3) is 0 Å². The molecule has 2 rings (SSSR count). The van der Waals surface area contributed by atoms with Crippen LogP contribution in [0, 0.1) is 5.92 Å². The van der Waals surface area contributed by atoms with E-state index in [-0.39, 0.29) is 5.54 Å². The lowest BCUT2D eigenvalue weighted by atomic mass is 9.72. The molecule has 0 saturated heterocycles. The number of benzene rings is 1. The van der Waals surface area contributed by atoms with Crippen LogP contribution in [0.1, 0.15) is 51.0 Å². The van der Waals surface area contributed by atoms with Gasteiger partial charge in [-0.3, -0.25) is 9.69 Å². The minimum Gasteiger partial charge on any atom is -0.298 e. The van der Waals surface area contributed by atoms with Crippen molar-refractivity contribution < 1.29 is 4.79 Å². The van der Waals surface area contributed by atoms with Crippen LogP contribution < -0.4 is 0 Å². The van der Waals surface area contributed by atoms with Crippen molar-refractivity contribution in [1.82, 2.24) is 4.90 Å². The molecule has 2 unspecified atom stereocenters. The first-order valence-electron chi connectivity index (χ1n) is 8.29. The second-order valence-corrected chi connectivity index (χ2v) is 6.89.